The second-order valence-electron chi connectivity index (χ2n) is 10.6. The second kappa shape index (κ2) is 15.4. The number of nitrogens with zero attached hydrogens (tertiary/aromatic N) is 2. The van der Waals surface area contributed by atoms with E-state index in [1.165, 1.54) is 7.11 Å². The van der Waals surface area contributed by atoms with E-state index in [0.717, 1.165) is 28.2 Å². The number of alkyl carbamates (subject to hydrolysis) is 1. The first kappa shape index (κ1) is 32.7. The Morgan fingerprint density at radius 1 is 1.00 bits per heavy atom. The van der Waals surface area contributed by atoms with Crippen LogP contribution in [0.2, 0.25) is 0 Å². The summed E-state index contributed by atoms with van der Waals surface area (Å²) in [6, 6.07) is 19.0. The molecule has 2 amide bonds. The zero-order valence-electron chi connectivity index (χ0n) is 25.1. The zero-order chi connectivity index (χ0) is 31.4. The molecule has 2 heterocycles. The Morgan fingerprint density at radius 2 is 1.70 bits per heavy atom. The molecule has 230 valence electrons. The number of para-hydroxylation sites is 2. The predicted octanol–water partition coefficient (Wildman–Crippen LogP) is 3.90. The number of amides is 2. The number of esters is 1. The van der Waals surface area contributed by atoms with E-state index < -0.39 is 11.7 Å². The molecule has 0 saturated heterocycles. The first-order valence-electron chi connectivity index (χ1n) is 14.0. The maximum atomic E-state index is 12.0. The van der Waals surface area contributed by atoms with Crippen LogP contribution in [-0.2, 0) is 16.0 Å². The third-order valence-corrected chi connectivity index (χ3v) is 6.09. The summed E-state index contributed by atoms with van der Waals surface area (Å²) < 4.78 is 12.0. The highest BCUT2D eigenvalue weighted by Gasteiger charge is 2.17. The smallest absolute Gasteiger partial charge is 0.407 e. The molecule has 0 radical (unpaired) electrons. The Bertz CT molecular complexity index is 1530. The molecule has 0 aliphatic heterocycles. The molecular weight excluding hydrogens is 550 g/mol. The van der Waals surface area contributed by atoms with Gasteiger partial charge >= 0.3 is 12.1 Å². The first-order chi connectivity index (χ1) is 20.5. The number of aryl methyl sites for hydroxylation is 1. The van der Waals surface area contributed by atoms with E-state index >= 15 is 0 Å². The van der Waals surface area contributed by atoms with Gasteiger partial charge in [-0.15, -0.1) is 0 Å². The Kier molecular flexibility index (Phi) is 11.7. The maximum absolute atomic E-state index is 12.0. The van der Waals surface area contributed by atoms with E-state index in [9.17, 15) is 14.4 Å². The normalized spacial score (nSPS) is 11.5. The fraction of sp³-hybridized carbons (Fsp3) is 0.355. The van der Waals surface area contributed by atoms with Crippen molar-refractivity contribution in [1.29, 1.82) is 0 Å². The highest BCUT2D eigenvalue weighted by molar-refractivity contribution is 6.06. The fourth-order valence-electron chi connectivity index (χ4n) is 4.18. The molecule has 4 aromatic rings. The summed E-state index contributed by atoms with van der Waals surface area (Å²) in [5, 5.41) is 7.22. The Hall–Kier alpha value is -4.84. The van der Waals surface area contributed by atoms with Gasteiger partial charge in [0.2, 0.25) is 0 Å². The number of rotatable bonds is 9. The van der Waals surface area contributed by atoms with E-state index in [2.05, 4.69) is 20.6 Å². The number of hydrogen-bond acceptors (Lipinski definition) is 7. The molecule has 0 atom stereocenters. The number of fused-ring (bicyclic) bond motifs is 2. The number of H-pyrrole nitrogens is 1. The quantitative estimate of drug-likeness (QED) is 0.0847. The lowest BCUT2D eigenvalue weighted by atomic mass is 10.2. The molecule has 12 heteroatoms. The summed E-state index contributed by atoms with van der Waals surface area (Å²) in [7, 11) is 1.37. The van der Waals surface area contributed by atoms with Crippen molar-refractivity contribution in [2.45, 2.75) is 45.8 Å². The van der Waals surface area contributed by atoms with Gasteiger partial charge in [-0.1, -0.05) is 36.4 Å². The topological polar surface area (TPSA) is 179 Å². The van der Waals surface area contributed by atoms with Gasteiger partial charge in [0.15, 0.2) is 5.96 Å². The third kappa shape index (κ3) is 9.89. The number of nitrogens with one attached hydrogen (secondary N) is 3. The van der Waals surface area contributed by atoms with Crippen LogP contribution < -0.4 is 22.1 Å². The molecule has 2 aromatic heterocycles. The monoisotopic (exact) mass is 591 g/mol. The van der Waals surface area contributed by atoms with Gasteiger partial charge in [-0.05, 0) is 64.4 Å². The molecule has 7 N–H and O–H groups in total. The van der Waals surface area contributed by atoms with E-state index in [1.807, 2.05) is 79.9 Å². The Balaban J connectivity index is 0.000000242. The number of aromatic amines is 1. The molecule has 0 saturated carbocycles. The zero-order valence-corrected chi connectivity index (χ0v) is 25.1. The van der Waals surface area contributed by atoms with Gasteiger partial charge in [-0.3, -0.25) is 15.1 Å². The standard InChI is InChI=1S/C18H24N2O4.C13H17N5O/c1-18(2,3)24-17(22)19-10-7-11-20-14-9-6-5-8-13(14)12-15(20)16(21)23-4;14-6-3-7-16-13(15)18-12(19)11-8-9-4-1-2-5-10(9)17-11/h5-6,8-9,12H,7,10-11H2,1-4H3,(H,19,22);1-2,4-5,8,17H,3,6-7,14H2,(H3,15,16,18,19). The molecule has 0 aliphatic carbocycles. The van der Waals surface area contributed by atoms with Gasteiger partial charge in [-0.25, -0.2) is 9.59 Å². The van der Waals surface area contributed by atoms with Crippen LogP contribution in [0.25, 0.3) is 21.8 Å². The predicted molar refractivity (Wildman–Crippen MR) is 168 cm³/mol. The van der Waals surface area contributed by atoms with Crippen molar-refractivity contribution < 1.29 is 23.9 Å². The number of hydrogen-bond donors (Lipinski definition) is 5. The highest BCUT2D eigenvalue weighted by Crippen LogP contribution is 2.21. The minimum atomic E-state index is -0.515. The summed E-state index contributed by atoms with van der Waals surface area (Å²) in [6.45, 7) is 7.57. The molecule has 0 unspecified atom stereocenters. The molecule has 2 aromatic carbocycles. The van der Waals surface area contributed by atoms with Crippen molar-refractivity contribution >= 4 is 45.7 Å². The molecule has 0 aliphatic rings. The van der Waals surface area contributed by atoms with Gasteiger partial charge in [0.1, 0.15) is 17.0 Å². The number of ether oxygens (including phenoxy) is 2. The van der Waals surface area contributed by atoms with Crippen LogP contribution in [-0.4, -0.2) is 65.8 Å². The van der Waals surface area contributed by atoms with Crippen LogP contribution in [0.3, 0.4) is 0 Å². The average Bonchev–Trinajstić information content (AvgIpc) is 3.56. The number of aromatic nitrogens is 2. The molecular formula is C31H41N7O5. The van der Waals surface area contributed by atoms with Gasteiger partial charge in [0, 0.05) is 41.4 Å². The molecule has 0 bridgehead atoms. The van der Waals surface area contributed by atoms with E-state index in [-0.39, 0.29) is 17.8 Å². The SMILES string of the molecule is COC(=O)c1cc2ccccc2n1CCCNC(=O)OC(C)(C)C.NCCCN=C(N)NC(=O)c1cc2ccccc2[nH]1. The molecule has 0 fully saturated rings. The van der Waals surface area contributed by atoms with Crippen molar-refractivity contribution in [2.24, 2.45) is 16.5 Å². The summed E-state index contributed by atoms with van der Waals surface area (Å²) in [6.07, 6.45) is 0.971. The lowest BCUT2D eigenvalue weighted by molar-refractivity contribution is 0.0523. The molecule has 0 spiro atoms. The third-order valence-electron chi connectivity index (χ3n) is 6.09. The van der Waals surface area contributed by atoms with E-state index in [4.69, 9.17) is 20.9 Å². The average molecular weight is 592 g/mol. The minimum absolute atomic E-state index is 0.108. The van der Waals surface area contributed by atoms with Gasteiger partial charge in [0.05, 0.1) is 7.11 Å². The summed E-state index contributed by atoms with van der Waals surface area (Å²) >= 11 is 0. The highest BCUT2D eigenvalue weighted by atomic mass is 16.6. The van der Waals surface area contributed by atoms with Gasteiger partial charge in [0.25, 0.3) is 5.91 Å². The molecule has 4 rings (SSSR count). The number of methoxy groups -OCH3 is 1. The maximum Gasteiger partial charge on any atom is 0.407 e. The van der Waals surface area contributed by atoms with Crippen molar-refractivity contribution in [2.75, 3.05) is 26.7 Å². The van der Waals surface area contributed by atoms with Crippen LogP contribution in [0.15, 0.2) is 65.7 Å². The molecule has 43 heavy (non-hydrogen) atoms. The number of carbonyl (C=O) groups is 3. The van der Waals surface area contributed by atoms with E-state index in [1.54, 1.807) is 6.07 Å². The van der Waals surface area contributed by atoms with Crippen molar-refractivity contribution in [1.82, 2.24) is 20.2 Å². The van der Waals surface area contributed by atoms with Crippen LogP contribution in [0.1, 0.15) is 54.6 Å². The number of benzene rings is 2. The van der Waals surface area contributed by atoms with Crippen LogP contribution in [0.5, 0.6) is 0 Å². The number of aliphatic imine (C=N–C) groups is 1. The first-order valence-corrected chi connectivity index (χ1v) is 14.0. The van der Waals surface area contributed by atoms with E-state index in [0.29, 0.717) is 44.0 Å². The number of carbonyl (C=O) groups excluding carboxylic acids is 3. The van der Waals surface area contributed by atoms with Gasteiger partial charge < -0.3 is 35.8 Å². The second-order valence-corrected chi connectivity index (χ2v) is 10.6. The van der Waals surface area contributed by atoms with Crippen LogP contribution >= 0.6 is 0 Å². The van der Waals surface area contributed by atoms with Crippen molar-refractivity contribution in [3.05, 3.63) is 72.1 Å². The minimum Gasteiger partial charge on any atom is -0.464 e. The molecule has 12 nitrogen and oxygen atoms in total. The number of nitrogens with two attached hydrogens (primary N) is 2. The van der Waals surface area contributed by atoms with Crippen molar-refractivity contribution in [3.8, 4) is 0 Å². The van der Waals surface area contributed by atoms with Crippen LogP contribution in [0.4, 0.5) is 4.79 Å². The largest absolute Gasteiger partial charge is 0.464 e. The summed E-state index contributed by atoms with van der Waals surface area (Å²) in [5.41, 5.74) is 13.3. The summed E-state index contributed by atoms with van der Waals surface area (Å²) in [5.74, 6) is -0.561. The lowest BCUT2D eigenvalue weighted by Crippen LogP contribution is -2.37. The summed E-state index contributed by atoms with van der Waals surface area (Å²) in [4.78, 5) is 42.6. The number of guanidine groups is 1. The lowest BCUT2D eigenvalue weighted by Gasteiger charge is -2.19. The van der Waals surface area contributed by atoms with Crippen LogP contribution in [0, 0.1) is 0 Å². The Morgan fingerprint density at radius 3 is 2.37 bits per heavy atom. The fourth-order valence-corrected chi connectivity index (χ4v) is 4.18. The Labute approximate surface area is 250 Å². The van der Waals surface area contributed by atoms with Crippen molar-refractivity contribution in [3.63, 3.8) is 0 Å². The van der Waals surface area contributed by atoms with Gasteiger partial charge in [-0.2, -0.15) is 0 Å².